The summed E-state index contributed by atoms with van der Waals surface area (Å²) < 4.78 is 1.03. The molecule has 17 heavy (non-hydrogen) atoms. The molecule has 0 fully saturated rings. The van der Waals surface area contributed by atoms with Crippen LogP contribution in [0.1, 0.15) is 45.7 Å². The summed E-state index contributed by atoms with van der Waals surface area (Å²) in [6.07, 6.45) is 0.543. The first-order valence-electron chi connectivity index (χ1n) is 5.83. The molecule has 1 aromatic carbocycles. The maximum Gasteiger partial charge on any atom is 0.220 e. The van der Waals surface area contributed by atoms with Crippen molar-refractivity contribution < 1.29 is 4.79 Å². The molecule has 0 radical (unpaired) electrons. The third-order valence-corrected chi connectivity index (χ3v) is 3.16. The van der Waals surface area contributed by atoms with Gasteiger partial charge in [0.25, 0.3) is 0 Å². The molecule has 1 amide bonds. The van der Waals surface area contributed by atoms with Crippen molar-refractivity contribution in [3.63, 3.8) is 0 Å². The lowest BCUT2D eigenvalue weighted by atomic mass is 9.91. The van der Waals surface area contributed by atoms with E-state index in [1.54, 1.807) is 0 Å². The van der Waals surface area contributed by atoms with Gasteiger partial charge in [-0.2, -0.15) is 0 Å². The molecule has 1 unspecified atom stereocenters. The maximum atomic E-state index is 11.8. The lowest BCUT2D eigenvalue weighted by Gasteiger charge is -2.21. The van der Waals surface area contributed by atoms with Gasteiger partial charge >= 0.3 is 0 Å². The Hall–Kier alpha value is -0.830. The van der Waals surface area contributed by atoms with Crippen LogP contribution in [0.15, 0.2) is 28.7 Å². The highest BCUT2D eigenvalue weighted by Crippen LogP contribution is 2.24. The molecule has 3 heteroatoms. The van der Waals surface area contributed by atoms with Crippen LogP contribution in [0.2, 0.25) is 0 Å². The van der Waals surface area contributed by atoms with Gasteiger partial charge in [-0.3, -0.25) is 4.79 Å². The van der Waals surface area contributed by atoms with Crippen molar-refractivity contribution in [3.05, 3.63) is 34.3 Å². The highest BCUT2D eigenvalue weighted by Gasteiger charge is 2.18. The van der Waals surface area contributed by atoms with E-state index in [0.29, 0.717) is 6.42 Å². The zero-order chi connectivity index (χ0) is 13.1. The lowest BCUT2D eigenvalue weighted by Crippen LogP contribution is -2.30. The second kappa shape index (κ2) is 5.67. The monoisotopic (exact) mass is 297 g/mol. The van der Waals surface area contributed by atoms with Crippen LogP contribution in [0.4, 0.5) is 0 Å². The molecule has 0 spiro atoms. The fourth-order valence-electron chi connectivity index (χ4n) is 1.68. The highest BCUT2D eigenvalue weighted by molar-refractivity contribution is 9.10. The molecule has 1 atom stereocenters. The molecule has 0 aliphatic rings. The van der Waals surface area contributed by atoms with Gasteiger partial charge in [0.15, 0.2) is 0 Å². The van der Waals surface area contributed by atoms with E-state index in [2.05, 4.69) is 42.0 Å². The number of carbonyl (C=O) groups excluding carboxylic acids is 1. The van der Waals surface area contributed by atoms with Crippen molar-refractivity contribution in [2.24, 2.45) is 5.41 Å². The third-order valence-electron chi connectivity index (χ3n) is 2.44. The summed E-state index contributed by atoms with van der Waals surface area (Å²) in [5.41, 5.74) is 1.13. The Morgan fingerprint density at radius 3 is 2.47 bits per heavy atom. The topological polar surface area (TPSA) is 29.1 Å². The highest BCUT2D eigenvalue weighted by atomic mass is 79.9. The second-order valence-electron chi connectivity index (χ2n) is 5.55. The Morgan fingerprint density at radius 1 is 1.35 bits per heavy atom. The number of halogens is 1. The van der Waals surface area contributed by atoms with Gasteiger partial charge in [-0.25, -0.2) is 0 Å². The minimum absolute atomic E-state index is 0.0255. The summed E-state index contributed by atoms with van der Waals surface area (Å²) in [6.45, 7) is 8.20. The number of carbonyl (C=O) groups is 1. The first kappa shape index (κ1) is 14.2. The molecule has 0 heterocycles. The van der Waals surface area contributed by atoms with Crippen LogP contribution >= 0.6 is 15.9 Å². The minimum Gasteiger partial charge on any atom is -0.350 e. The zero-order valence-electron chi connectivity index (χ0n) is 10.9. The molecule has 0 saturated heterocycles. The van der Waals surface area contributed by atoms with E-state index >= 15 is 0 Å². The largest absolute Gasteiger partial charge is 0.350 e. The smallest absolute Gasteiger partial charge is 0.220 e. The van der Waals surface area contributed by atoms with E-state index in [0.717, 1.165) is 10.0 Å². The molecule has 0 aliphatic carbocycles. The molecule has 0 saturated carbocycles. The predicted molar refractivity (Wildman–Crippen MR) is 74.8 cm³/mol. The van der Waals surface area contributed by atoms with E-state index in [1.807, 2.05) is 31.2 Å². The van der Waals surface area contributed by atoms with E-state index in [-0.39, 0.29) is 17.4 Å². The molecule has 0 bridgehead atoms. The van der Waals surface area contributed by atoms with E-state index < -0.39 is 0 Å². The molecule has 2 nitrogen and oxygen atoms in total. The lowest BCUT2D eigenvalue weighted by molar-refractivity contribution is -0.123. The Bertz CT molecular complexity index is 395. The van der Waals surface area contributed by atoms with Gasteiger partial charge in [-0.15, -0.1) is 0 Å². The van der Waals surface area contributed by atoms with Gasteiger partial charge in [0.05, 0.1) is 6.04 Å². The number of hydrogen-bond acceptors (Lipinski definition) is 1. The minimum atomic E-state index is 0.0255. The average molecular weight is 298 g/mol. The van der Waals surface area contributed by atoms with Gasteiger partial charge in [-0.1, -0.05) is 54.9 Å². The van der Waals surface area contributed by atoms with Crippen molar-refractivity contribution in [2.45, 2.75) is 40.2 Å². The van der Waals surface area contributed by atoms with Gasteiger partial charge in [0, 0.05) is 10.9 Å². The first-order chi connectivity index (χ1) is 7.79. The second-order valence-corrected chi connectivity index (χ2v) is 6.40. The Morgan fingerprint density at radius 2 is 1.94 bits per heavy atom. The molecular weight excluding hydrogens is 278 g/mol. The summed E-state index contributed by atoms with van der Waals surface area (Å²) >= 11 is 3.50. The quantitative estimate of drug-likeness (QED) is 0.895. The van der Waals surface area contributed by atoms with Crippen LogP contribution < -0.4 is 5.32 Å². The van der Waals surface area contributed by atoms with Crippen LogP contribution in [0.25, 0.3) is 0 Å². The fraction of sp³-hybridized carbons (Fsp3) is 0.500. The fourth-order valence-corrected chi connectivity index (χ4v) is 2.31. The first-order valence-corrected chi connectivity index (χ1v) is 6.63. The maximum absolute atomic E-state index is 11.8. The average Bonchev–Trinajstić information content (AvgIpc) is 2.14. The summed E-state index contributed by atoms with van der Waals surface area (Å²) in [5, 5.41) is 3.02. The molecule has 1 aromatic rings. The predicted octanol–water partition coefficient (Wildman–Crippen LogP) is 4.06. The number of amides is 1. The molecule has 94 valence electrons. The van der Waals surface area contributed by atoms with Crippen LogP contribution in [-0.2, 0) is 4.79 Å². The standard InChI is InChI=1S/C14H20BrNO/c1-10(11-7-5-6-8-12(11)15)16-13(17)9-14(2,3)4/h5-8,10H,9H2,1-4H3,(H,16,17). The summed E-state index contributed by atoms with van der Waals surface area (Å²) in [4.78, 5) is 11.8. The van der Waals surface area contributed by atoms with Crippen LogP contribution in [0.3, 0.4) is 0 Å². The Balaban J connectivity index is 2.64. The molecule has 0 aromatic heterocycles. The SMILES string of the molecule is CC(NC(=O)CC(C)(C)C)c1ccccc1Br. The number of rotatable bonds is 3. The van der Waals surface area contributed by atoms with Crippen molar-refractivity contribution >= 4 is 21.8 Å². The van der Waals surface area contributed by atoms with Crippen LogP contribution in [0, 0.1) is 5.41 Å². The van der Waals surface area contributed by atoms with Crippen molar-refractivity contribution in [1.29, 1.82) is 0 Å². The summed E-state index contributed by atoms with van der Waals surface area (Å²) in [6, 6.07) is 7.98. The van der Waals surface area contributed by atoms with Gasteiger partial charge in [0.1, 0.15) is 0 Å². The van der Waals surface area contributed by atoms with Gasteiger partial charge in [0.2, 0.25) is 5.91 Å². The molecular formula is C14H20BrNO. The van der Waals surface area contributed by atoms with Crippen molar-refractivity contribution in [1.82, 2.24) is 5.32 Å². The molecule has 1 N–H and O–H groups in total. The third kappa shape index (κ3) is 4.90. The molecule has 1 rings (SSSR count). The van der Waals surface area contributed by atoms with Gasteiger partial charge in [-0.05, 0) is 24.0 Å². The van der Waals surface area contributed by atoms with Crippen LogP contribution in [0.5, 0.6) is 0 Å². The summed E-state index contributed by atoms with van der Waals surface area (Å²) in [5.74, 6) is 0.0979. The molecule has 0 aliphatic heterocycles. The van der Waals surface area contributed by atoms with E-state index in [1.165, 1.54) is 0 Å². The van der Waals surface area contributed by atoms with E-state index in [4.69, 9.17) is 0 Å². The normalized spacial score (nSPS) is 13.2. The van der Waals surface area contributed by atoms with Gasteiger partial charge < -0.3 is 5.32 Å². The summed E-state index contributed by atoms with van der Waals surface area (Å²) in [7, 11) is 0. The van der Waals surface area contributed by atoms with Crippen molar-refractivity contribution in [3.8, 4) is 0 Å². The number of hydrogen-bond donors (Lipinski definition) is 1. The van der Waals surface area contributed by atoms with E-state index in [9.17, 15) is 4.79 Å². The number of benzene rings is 1. The Labute approximate surface area is 112 Å². The zero-order valence-corrected chi connectivity index (χ0v) is 12.5. The van der Waals surface area contributed by atoms with Crippen LogP contribution in [-0.4, -0.2) is 5.91 Å². The van der Waals surface area contributed by atoms with Crippen molar-refractivity contribution in [2.75, 3.05) is 0 Å². The Kier molecular flexibility index (Phi) is 4.75. The number of nitrogens with one attached hydrogen (secondary N) is 1.